The summed E-state index contributed by atoms with van der Waals surface area (Å²) in [6.07, 6.45) is 19.3. The zero-order valence-corrected chi connectivity index (χ0v) is 16.8. The minimum atomic E-state index is -0.0638. The number of hydrogen-bond donors (Lipinski definition) is 1. The van der Waals surface area contributed by atoms with Crippen LogP contribution in [0.4, 0.5) is 11.5 Å². The average Bonchev–Trinajstić information content (AvgIpc) is 3.15. The first-order valence-electron chi connectivity index (χ1n) is 10.1. The minimum absolute atomic E-state index is 0.0622. The van der Waals surface area contributed by atoms with Crippen LogP contribution in [0.1, 0.15) is 11.7 Å². The fourth-order valence-electron chi connectivity index (χ4n) is 3.74. The van der Waals surface area contributed by atoms with Gasteiger partial charge < -0.3 is 14.5 Å². The predicted octanol–water partition coefficient (Wildman–Crippen LogP) is 4.61. The molecule has 6 heteroatoms. The molecule has 0 bridgehead atoms. The van der Waals surface area contributed by atoms with Crippen molar-refractivity contribution in [2.75, 3.05) is 5.32 Å². The molecule has 3 heterocycles. The van der Waals surface area contributed by atoms with E-state index in [0.29, 0.717) is 11.9 Å². The van der Waals surface area contributed by atoms with Crippen molar-refractivity contribution in [3.63, 3.8) is 0 Å². The number of benzene rings is 1. The number of nitrogens with one attached hydrogen (secondary N) is 1. The van der Waals surface area contributed by atoms with Gasteiger partial charge in [0.25, 0.3) is 0 Å². The number of nitrogens with zero attached hydrogens (tertiary/aromatic N) is 4. The lowest BCUT2D eigenvalue weighted by Crippen LogP contribution is -2.17. The van der Waals surface area contributed by atoms with E-state index in [4.69, 9.17) is 0 Å². The fraction of sp³-hybridized carbons (Fsp3) is 0.0800. The van der Waals surface area contributed by atoms with E-state index in [2.05, 4.69) is 32.0 Å². The summed E-state index contributed by atoms with van der Waals surface area (Å²) in [5.74, 6) is 0.727. The first-order valence-corrected chi connectivity index (χ1v) is 10.1. The topological polar surface area (TPSA) is 64.7 Å². The summed E-state index contributed by atoms with van der Waals surface area (Å²) in [6, 6.07) is 13.4. The predicted molar refractivity (Wildman–Crippen MR) is 124 cm³/mol. The molecule has 0 atom stereocenters. The smallest absolute Gasteiger partial charge is 0.193 e. The molecular weight excluding hydrogens is 386 g/mol. The van der Waals surface area contributed by atoms with Crippen molar-refractivity contribution in [1.29, 1.82) is 0 Å². The maximum Gasteiger partial charge on any atom is 0.193 e. The zero-order chi connectivity index (χ0) is 21.0. The van der Waals surface area contributed by atoms with E-state index in [9.17, 15) is 4.79 Å². The first kappa shape index (κ1) is 18.8. The van der Waals surface area contributed by atoms with Crippen LogP contribution < -0.4 is 10.7 Å². The molecule has 0 radical (unpaired) electrons. The molecule has 0 amide bonds. The SMILES string of the molecule is O=c1cc(Nc2ccccc2)n(C2C=CC=CC=C2)c2cc(Cn3ccnc3)ncc12. The van der Waals surface area contributed by atoms with Crippen LogP contribution in [0, 0.1) is 0 Å². The van der Waals surface area contributed by atoms with Crippen LogP contribution in [-0.4, -0.2) is 19.1 Å². The van der Waals surface area contributed by atoms with Crippen molar-refractivity contribution in [3.8, 4) is 0 Å². The number of hydrogen-bond acceptors (Lipinski definition) is 4. The van der Waals surface area contributed by atoms with Crippen LogP contribution in [0.15, 0.2) is 109 Å². The van der Waals surface area contributed by atoms with Gasteiger partial charge in [-0.2, -0.15) is 0 Å². The second kappa shape index (κ2) is 8.28. The third-order valence-corrected chi connectivity index (χ3v) is 5.19. The van der Waals surface area contributed by atoms with Crippen LogP contribution in [-0.2, 0) is 6.54 Å². The summed E-state index contributed by atoms with van der Waals surface area (Å²) in [6.45, 7) is 0.582. The maximum absolute atomic E-state index is 13.0. The van der Waals surface area contributed by atoms with E-state index < -0.39 is 0 Å². The van der Waals surface area contributed by atoms with Crippen molar-refractivity contribution < 1.29 is 0 Å². The second-order valence-corrected chi connectivity index (χ2v) is 7.33. The number of anilines is 2. The van der Waals surface area contributed by atoms with Crippen molar-refractivity contribution >= 4 is 22.4 Å². The van der Waals surface area contributed by atoms with Crippen molar-refractivity contribution in [2.45, 2.75) is 12.6 Å². The zero-order valence-electron chi connectivity index (χ0n) is 16.8. The third-order valence-electron chi connectivity index (χ3n) is 5.19. The molecule has 6 nitrogen and oxygen atoms in total. The van der Waals surface area contributed by atoms with Crippen molar-refractivity contribution in [3.05, 3.63) is 120 Å². The number of imidazole rings is 1. The van der Waals surface area contributed by atoms with Gasteiger partial charge in [0.2, 0.25) is 0 Å². The van der Waals surface area contributed by atoms with Gasteiger partial charge in [-0.05, 0) is 18.2 Å². The van der Waals surface area contributed by atoms with Crippen molar-refractivity contribution in [2.24, 2.45) is 0 Å². The third kappa shape index (κ3) is 3.96. The lowest BCUT2D eigenvalue weighted by atomic mass is 10.1. The standard InChI is InChI=1S/C25H21N5O/c31-24-15-25(28-19-8-4-3-5-9-19)30(21-10-6-1-2-7-11-21)23-14-20(27-16-22(23)24)17-29-13-12-26-18-29/h1-16,18,21,28H,17H2. The Kier molecular flexibility index (Phi) is 5.02. The quantitative estimate of drug-likeness (QED) is 0.525. The molecule has 0 aliphatic heterocycles. The Morgan fingerprint density at radius 3 is 2.55 bits per heavy atom. The summed E-state index contributed by atoms with van der Waals surface area (Å²) in [7, 11) is 0. The maximum atomic E-state index is 13.0. The minimum Gasteiger partial charge on any atom is -0.341 e. The van der Waals surface area contributed by atoms with Crippen LogP contribution in [0.25, 0.3) is 10.9 Å². The van der Waals surface area contributed by atoms with Gasteiger partial charge in [-0.3, -0.25) is 9.78 Å². The number of fused-ring (bicyclic) bond motifs is 1. The van der Waals surface area contributed by atoms with E-state index in [1.54, 1.807) is 24.8 Å². The Morgan fingerprint density at radius 2 is 1.81 bits per heavy atom. The molecule has 152 valence electrons. The monoisotopic (exact) mass is 407 g/mol. The van der Waals surface area contributed by atoms with Crippen molar-refractivity contribution in [1.82, 2.24) is 19.1 Å². The highest BCUT2D eigenvalue weighted by atomic mass is 16.1. The highest BCUT2D eigenvalue weighted by Crippen LogP contribution is 2.27. The molecule has 1 aliphatic carbocycles. The molecule has 0 spiro atoms. The molecule has 0 saturated carbocycles. The molecular formula is C25H21N5O. The molecule has 1 aliphatic rings. The number of aromatic nitrogens is 4. The highest BCUT2D eigenvalue weighted by Gasteiger charge is 2.16. The average molecular weight is 407 g/mol. The first-order chi connectivity index (χ1) is 15.3. The van der Waals surface area contributed by atoms with Crippen LogP contribution in [0.2, 0.25) is 0 Å². The summed E-state index contributed by atoms with van der Waals surface area (Å²) >= 11 is 0. The normalized spacial score (nSPS) is 13.5. The van der Waals surface area contributed by atoms with E-state index in [0.717, 1.165) is 22.7 Å². The molecule has 31 heavy (non-hydrogen) atoms. The van der Waals surface area contributed by atoms with Gasteiger partial charge in [-0.25, -0.2) is 4.98 Å². The van der Waals surface area contributed by atoms with Crippen LogP contribution in [0.3, 0.4) is 0 Å². The summed E-state index contributed by atoms with van der Waals surface area (Å²) < 4.78 is 4.10. The highest BCUT2D eigenvalue weighted by molar-refractivity contribution is 5.82. The van der Waals surface area contributed by atoms with E-state index in [-0.39, 0.29) is 11.5 Å². The Morgan fingerprint density at radius 1 is 1.00 bits per heavy atom. The molecule has 5 rings (SSSR count). The molecule has 4 aromatic rings. The van der Waals surface area contributed by atoms with E-state index >= 15 is 0 Å². The summed E-state index contributed by atoms with van der Waals surface area (Å²) in [5.41, 5.74) is 2.54. The molecule has 0 unspecified atom stereocenters. The van der Waals surface area contributed by atoms with Crippen LogP contribution in [0.5, 0.6) is 0 Å². The molecule has 1 aromatic carbocycles. The van der Waals surface area contributed by atoms with Gasteiger partial charge in [-0.15, -0.1) is 0 Å². The van der Waals surface area contributed by atoms with Gasteiger partial charge in [0, 0.05) is 30.3 Å². The Balaban J connectivity index is 1.70. The molecule has 1 N–H and O–H groups in total. The fourth-order valence-corrected chi connectivity index (χ4v) is 3.74. The van der Waals surface area contributed by atoms with Gasteiger partial charge in [-0.1, -0.05) is 54.7 Å². The molecule has 0 saturated heterocycles. The summed E-state index contributed by atoms with van der Waals surface area (Å²) in [4.78, 5) is 21.6. The second-order valence-electron chi connectivity index (χ2n) is 7.33. The van der Waals surface area contributed by atoms with E-state index in [1.807, 2.05) is 71.5 Å². The Labute approximate surface area is 179 Å². The lowest BCUT2D eigenvalue weighted by molar-refractivity contribution is 0.747. The van der Waals surface area contributed by atoms with Crippen LogP contribution >= 0.6 is 0 Å². The van der Waals surface area contributed by atoms with Gasteiger partial charge >= 0.3 is 0 Å². The molecule has 3 aromatic heterocycles. The van der Waals surface area contributed by atoms with E-state index in [1.165, 1.54) is 0 Å². The Hall–Kier alpha value is -4.19. The van der Waals surface area contributed by atoms with Gasteiger partial charge in [0.15, 0.2) is 5.43 Å². The lowest BCUT2D eigenvalue weighted by Gasteiger charge is -2.22. The van der Waals surface area contributed by atoms with Gasteiger partial charge in [0.05, 0.1) is 35.5 Å². The number of para-hydroxylation sites is 1. The number of rotatable bonds is 5. The molecule has 0 fully saturated rings. The number of pyridine rings is 2. The van der Waals surface area contributed by atoms with Gasteiger partial charge in [0.1, 0.15) is 5.82 Å². The number of allylic oxidation sites excluding steroid dienone is 6. The Bertz CT molecular complexity index is 1330. The summed E-state index contributed by atoms with van der Waals surface area (Å²) in [5, 5.41) is 4.02. The largest absolute Gasteiger partial charge is 0.341 e.